The summed E-state index contributed by atoms with van der Waals surface area (Å²) in [5.74, 6) is 1.14. The Balaban J connectivity index is 0.00000364. The number of hydrogen-bond donors (Lipinski definition) is 2. The molecule has 1 heterocycles. The summed E-state index contributed by atoms with van der Waals surface area (Å²) in [7, 11) is 4.10. The van der Waals surface area contributed by atoms with Crippen molar-refractivity contribution in [2.45, 2.75) is 32.6 Å². The molecular weight excluding hydrogens is 453 g/mol. The Morgan fingerprint density at radius 1 is 1.22 bits per heavy atom. The first-order valence-corrected chi connectivity index (χ1v) is 9.66. The summed E-state index contributed by atoms with van der Waals surface area (Å²) in [6.07, 6.45) is 3.58. The van der Waals surface area contributed by atoms with Crippen molar-refractivity contribution in [3.8, 4) is 0 Å². The molecule has 1 aromatic rings. The molecule has 0 spiro atoms. The van der Waals surface area contributed by atoms with Gasteiger partial charge in [-0.2, -0.15) is 0 Å². The number of carbonyl (C=O) groups excluding carboxylic acids is 1. The number of amides is 1. The summed E-state index contributed by atoms with van der Waals surface area (Å²) in [5.41, 5.74) is 2.53. The third-order valence-corrected chi connectivity index (χ3v) is 4.53. The van der Waals surface area contributed by atoms with E-state index in [1.165, 1.54) is 11.3 Å². The van der Waals surface area contributed by atoms with Crippen molar-refractivity contribution in [2.24, 2.45) is 4.99 Å². The third-order valence-electron chi connectivity index (χ3n) is 4.53. The second-order valence-electron chi connectivity index (χ2n) is 6.84. The minimum absolute atomic E-state index is 0. The highest BCUT2D eigenvalue weighted by Crippen LogP contribution is 2.12. The fourth-order valence-corrected chi connectivity index (χ4v) is 3.02. The number of aliphatic imine (C=N–C) groups is 1. The number of nitrogens with zero attached hydrogens (tertiary/aromatic N) is 3. The maximum atomic E-state index is 11.6. The van der Waals surface area contributed by atoms with Gasteiger partial charge in [-0.25, -0.2) is 0 Å². The van der Waals surface area contributed by atoms with Crippen molar-refractivity contribution >= 4 is 41.5 Å². The van der Waals surface area contributed by atoms with E-state index in [0.29, 0.717) is 12.3 Å². The molecule has 0 saturated carbocycles. The molecule has 0 unspecified atom stereocenters. The Bertz CT molecular complexity index is 589. The van der Waals surface area contributed by atoms with Gasteiger partial charge in [0.1, 0.15) is 0 Å². The third kappa shape index (κ3) is 8.36. The summed E-state index contributed by atoms with van der Waals surface area (Å²) in [5, 5.41) is 6.67. The molecule has 2 rings (SSSR count). The van der Waals surface area contributed by atoms with Gasteiger partial charge >= 0.3 is 0 Å². The zero-order chi connectivity index (χ0) is 18.8. The quantitative estimate of drug-likeness (QED) is 0.243. The first kappa shape index (κ1) is 23.5. The lowest BCUT2D eigenvalue weighted by Gasteiger charge is -2.15. The molecule has 6 nitrogen and oxygen atoms in total. The van der Waals surface area contributed by atoms with Gasteiger partial charge in [-0.1, -0.05) is 12.1 Å². The van der Waals surface area contributed by atoms with Gasteiger partial charge in [0.25, 0.3) is 0 Å². The fraction of sp³-hybridized carbons (Fsp3) is 0.600. The molecule has 1 aromatic carbocycles. The number of anilines is 1. The Morgan fingerprint density at radius 3 is 2.56 bits per heavy atom. The number of guanidine groups is 1. The van der Waals surface area contributed by atoms with Gasteiger partial charge in [0.2, 0.25) is 5.91 Å². The van der Waals surface area contributed by atoms with Crippen LogP contribution in [0.2, 0.25) is 0 Å². The van der Waals surface area contributed by atoms with E-state index in [1.54, 1.807) is 0 Å². The van der Waals surface area contributed by atoms with Crippen molar-refractivity contribution in [1.29, 1.82) is 0 Å². The summed E-state index contributed by atoms with van der Waals surface area (Å²) in [4.78, 5) is 20.3. The predicted molar refractivity (Wildman–Crippen MR) is 124 cm³/mol. The molecule has 1 saturated heterocycles. The Kier molecular flexibility index (Phi) is 11.2. The average Bonchev–Trinajstić information content (AvgIpc) is 3.04. The Labute approximate surface area is 180 Å². The van der Waals surface area contributed by atoms with Crippen LogP contribution in [-0.4, -0.2) is 63.6 Å². The van der Waals surface area contributed by atoms with Gasteiger partial charge in [-0.05, 0) is 43.9 Å². The molecule has 27 heavy (non-hydrogen) atoms. The molecular formula is C20H34IN5O. The monoisotopic (exact) mass is 487 g/mol. The van der Waals surface area contributed by atoms with Gasteiger partial charge in [0.05, 0.1) is 0 Å². The molecule has 0 aliphatic carbocycles. The average molecular weight is 487 g/mol. The number of nitrogens with one attached hydrogen (secondary N) is 2. The van der Waals surface area contributed by atoms with E-state index >= 15 is 0 Å². The zero-order valence-electron chi connectivity index (χ0n) is 16.8. The first-order chi connectivity index (χ1) is 12.6. The molecule has 0 radical (unpaired) electrons. The van der Waals surface area contributed by atoms with Crippen molar-refractivity contribution in [3.63, 3.8) is 0 Å². The predicted octanol–water partition coefficient (Wildman–Crippen LogP) is 2.48. The van der Waals surface area contributed by atoms with E-state index in [0.717, 1.165) is 57.9 Å². The summed E-state index contributed by atoms with van der Waals surface area (Å²) >= 11 is 0. The number of rotatable bonds is 9. The lowest BCUT2D eigenvalue weighted by atomic mass is 10.1. The summed E-state index contributed by atoms with van der Waals surface area (Å²) in [6.45, 7) is 6.22. The Hall–Kier alpha value is -1.51. The molecule has 2 N–H and O–H groups in total. The van der Waals surface area contributed by atoms with E-state index in [-0.39, 0.29) is 24.0 Å². The summed E-state index contributed by atoms with van der Waals surface area (Å²) < 4.78 is 0. The maximum absolute atomic E-state index is 11.6. The van der Waals surface area contributed by atoms with E-state index < -0.39 is 0 Å². The van der Waals surface area contributed by atoms with Crippen molar-refractivity contribution in [2.75, 3.05) is 51.7 Å². The zero-order valence-corrected chi connectivity index (χ0v) is 19.2. The van der Waals surface area contributed by atoms with Crippen molar-refractivity contribution in [1.82, 2.24) is 15.5 Å². The maximum Gasteiger partial charge on any atom is 0.222 e. The highest BCUT2D eigenvalue weighted by Gasteiger charge is 2.18. The number of carbonyl (C=O) groups is 1. The lowest BCUT2D eigenvalue weighted by Crippen LogP contribution is -2.38. The van der Waals surface area contributed by atoms with Crippen LogP contribution in [0.4, 0.5) is 5.69 Å². The van der Waals surface area contributed by atoms with Crippen LogP contribution in [0.5, 0.6) is 0 Å². The lowest BCUT2D eigenvalue weighted by molar-refractivity contribution is -0.127. The Morgan fingerprint density at radius 2 is 1.96 bits per heavy atom. The fourth-order valence-electron chi connectivity index (χ4n) is 3.02. The minimum atomic E-state index is 0. The highest BCUT2D eigenvalue weighted by molar-refractivity contribution is 14.0. The smallest absolute Gasteiger partial charge is 0.222 e. The summed E-state index contributed by atoms with van der Waals surface area (Å²) in [6, 6.07) is 8.64. The molecule has 1 fully saturated rings. The molecule has 152 valence electrons. The normalized spacial score (nSPS) is 14.1. The molecule has 0 bridgehead atoms. The van der Waals surface area contributed by atoms with Gasteiger partial charge < -0.3 is 20.4 Å². The second-order valence-corrected chi connectivity index (χ2v) is 6.84. The number of benzene rings is 1. The van der Waals surface area contributed by atoms with E-state index in [4.69, 9.17) is 0 Å². The van der Waals surface area contributed by atoms with Gasteiger partial charge in [0, 0.05) is 58.9 Å². The van der Waals surface area contributed by atoms with Crippen LogP contribution in [0.25, 0.3) is 0 Å². The second kappa shape index (κ2) is 12.8. The van der Waals surface area contributed by atoms with Crippen molar-refractivity contribution < 1.29 is 4.79 Å². The molecule has 1 amide bonds. The molecule has 1 aliphatic heterocycles. The van der Waals surface area contributed by atoms with Crippen LogP contribution in [-0.2, 0) is 11.2 Å². The molecule has 1 aliphatic rings. The van der Waals surface area contributed by atoms with Gasteiger partial charge in [-0.15, -0.1) is 24.0 Å². The first-order valence-electron chi connectivity index (χ1n) is 9.66. The molecule has 0 aromatic heterocycles. The van der Waals surface area contributed by atoms with Crippen LogP contribution in [0.1, 0.15) is 31.7 Å². The SMILES string of the molecule is CCNC(=NCCCN1CCCC1=O)NCCc1ccc(N(C)C)cc1.I. The standard InChI is InChI=1S/C20H33N5O.HI/c1-4-21-20(22-13-6-16-25-15-5-7-19(25)26)23-14-12-17-8-10-18(11-9-17)24(2)3;/h8-11H,4-7,12-16H2,1-3H3,(H2,21,22,23);1H. The van der Waals surface area contributed by atoms with Crippen LogP contribution in [0, 0.1) is 0 Å². The van der Waals surface area contributed by atoms with Crippen LogP contribution in [0.15, 0.2) is 29.3 Å². The topological polar surface area (TPSA) is 60.0 Å². The molecule has 0 atom stereocenters. The highest BCUT2D eigenvalue weighted by atomic mass is 127. The van der Waals surface area contributed by atoms with Crippen LogP contribution < -0.4 is 15.5 Å². The van der Waals surface area contributed by atoms with Gasteiger partial charge in [0.15, 0.2) is 5.96 Å². The molecule has 7 heteroatoms. The van der Waals surface area contributed by atoms with E-state index in [2.05, 4.69) is 65.8 Å². The number of hydrogen-bond acceptors (Lipinski definition) is 3. The van der Waals surface area contributed by atoms with Crippen molar-refractivity contribution in [3.05, 3.63) is 29.8 Å². The van der Waals surface area contributed by atoms with Crippen LogP contribution in [0.3, 0.4) is 0 Å². The number of halogens is 1. The largest absolute Gasteiger partial charge is 0.378 e. The van der Waals surface area contributed by atoms with E-state index in [1.807, 2.05) is 4.90 Å². The minimum Gasteiger partial charge on any atom is -0.378 e. The van der Waals surface area contributed by atoms with Gasteiger partial charge in [-0.3, -0.25) is 9.79 Å². The number of likely N-dealkylation sites (tertiary alicyclic amines) is 1. The van der Waals surface area contributed by atoms with Crippen LogP contribution >= 0.6 is 24.0 Å². The van der Waals surface area contributed by atoms with E-state index in [9.17, 15) is 4.79 Å².